The van der Waals surface area contributed by atoms with Crippen molar-refractivity contribution in [3.8, 4) is 0 Å². The van der Waals surface area contributed by atoms with Crippen molar-refractivity contribution in [2.45, 2.75) is 12.5 Å². The van der Waals surface area contributed by atoms with Gasteiger partial charge in [0.05, 0.1) is 21.6 Å². The minimum absolute atomic E-state index is 0.00593. The molecular weight excluding hydrogens is 371 g/mol. The first-order valence-corrected chi connectivity index (χ1v) is 7.73. The Bertz CT molecular complexity index is 824. The van der Waals surface area contributed by atoms with Crippen LogP contribution in [0.1, 0.15) is 28.4 Å². The molecule has 7 nitrogen and oxygen atoms in total. The minimum atomic E-state index is -1.37. The second-order valence-corrected chi connectivity index (χ2v) is 5.92. The lowest BCUT2D eigenvalue weighted by molar-refractivity contribution is -0.384. The van der Waals surface area contributed by atoms with Crippen molar-refractivity contribution in [2.24, 2.45) is 0 Å². The van der Waals surface area contributed by atoms with E-state index in [0.29, 0.717) is 10.6 Å². The third-order valence-corrected chi connectivity index (χ3v) is 3.94. The van der Waals surface area contributed by atoms with Gasteiger partial charge in [-0.3, -0.25) is 14.9 Å². The van der Waals surface area contributed by atoms with E-state index in [0.717, 1.165) is 12.1 Å². The number of aliphatic carboxylic acids is 1. The lowest BCUT2D eigenvalue weighted by Crippen LogP contribution is -2.34. The highest BCUT2D eigenvalue weighted by molar-refractivity contribution is 6.34. The SMILES string of the molecule is O=C([O-])C[C@H](NC(=O)c1cc([N+](=O)[O-])ccc1Cl)c1ccc(Cl)cc1. The normalized spacial score (nSPS) is 11.6. The zero-order valence-corrected chi connectivity index (χ0v) is 14.1. The standard InChI is InChI=1S/C16H12Cl2N2O5/c17-10-3-1-9(2-4-10)14(8-15(21)22)19-16(23)12-7-11(20(24)25)5-6-13(12)18/h1-7,14H,8H2,(H,19,23)(H,21,22)/p-1/t14-/m0/s1. The second kappa shape index (κ2) is 7.96. The summed E-state index contributed by atoms with van der Waals surface area (Å²) in [5, 5.41) is 24.8. The molecule has 0 radical (unpaired) electrons. The molecular formula is C16H11Cl2N2O5-. The highest BCUT2D eigenvalue weighted by atomic mass is 35.5. The maximum absolute atomic E-state index is 12.4. The first-order chi connectivity index (χ1) is 11.8. The van der Waals surface area contributed by atoms with Crippen molar-refractivity contribution in [1.29, 1.82) is 0 Å². The second-order valence-electron chi connectivity index (χ2n) is 5.07. The summed E-state index contributed by atoms with van der Waals surface area (Å²) in [7, 11) is 0. The molecule has 0 spiro atoms. The smallest absolute Gasteiger partial charge is 0.270 e. The predicted octanol–water partition coefficient (Wildman–Crippen LogP) is 2.51. The molecule has 25 heavy (non-hydrogen) atoms. The van der Waals surface area contributed by atoms with Crippen LogP contribution in [0.2, 0.25) is 10.0 Å². The zero-order chi connectivity index (χ0) is 18.6. The molecule has 0 aromatic heterocycles. The van der Waals surface area contributed by atoms with Crippen molar-refractivity contribution in [3.05, 3.63) is 73.8 Å². The number of carbonyl (C=O) groups excluding carboxylic acids is 2. The summed E-state index contributed by atoms with van der Waals surface area (Å²) < 4.78 is 0. The number of nitrogens with zero attached hydrogens (tertiary/aromatic N) is 1. The number of nitro groups is 1. The van der Waals surface area contributed by atoms with Crippen LogP contribution < -0.4 is 10.4 Å². The molecule has 0 aliphatic rings. The van der Waals surface area contributed by atoms with Crippen molar-refractivity contribution < 1.29 is 19.6 Å². The maximum atomic E-state index is 12.4. The molecule has 1 amide bonds. The maximum Gasteiger partial charge on any atom is 0.270 e. The van der Waals surface area contributed by atoms with Crippen LogP contribution in [0, 0.1) is 10.1 Å². The Morgan fingerprint density at radius 3 is 2.32 bits per heavy atom. The van der Waals surface area contributed by atoms with Crippen LogP contribution in [0.25, 0.3) is 0 Å². The van der Waals surface area contributed by atoms with Crippen LogP contribution in [0.15, 0.2) is 42.5 Å². The number of nitro benzene ring substituents is 1. The number of non-ortho nitro benzene ring substituents is 1. The van der Waals surface area contributed by atoms with E-state index in [1.807, 2.05) is 0 Å². The van der Waals surface area contributed by atoms with E-state index in [1.54, 1.807) is 24.3 Å². The summed E-state index contributed by atoms with van der Waals surface area (Å²) in [5.41, 5.74) is 0.0502. The Morgan fingerprint density at radius 2 is 1.76 bits per heavy atom. The molecule has 1 N–H and O–H groups in total. The van der Waals surface area contributed by atoms with Gasteiger partial charge in [-0.05, 0) is 23.8 Å². The van der Waals surface area contributed by atoms with Crippen molar-refractivity contribution >= 4 is 40.8 Å². The first-order valence-electron chi connectivity index (χ1n) is 6.98. The molecule has 0 fully saturated rings. The number of amides is 1. The fourth-order valence-corrected chi connectivity index (χ4v) is 2.48. The van der Waals surface area contributed by atoms with E-state index in [2.05, 4.69) is 5.32 Å². The van der Waals surface area contributed by atoms with Gasteiger partial charge in [-0.25, -0.2) is 0 Å². The molecule has 130 valence electrons. The molecule has 9 heteroatoms. The lowest BCUT2D eigenvalue weighted by atomic mass is 10.0. The van der Waals surface area contributed by atoms with Gasteiger partial charge in [0.1, 0.15) is 0 Å². The molecule has 0 aliphatic carbocycles. The van der Waals surface area contributed by atoms with Gasteiger partial charge < -0.3 is 15.2 Å². The summed E-state index contributed by atoms with van der Waals surface area (Å²) in [6, 6.07) is 8.72. The number of hydrogen-bond donors (Lipinski definition) is 1. The number of rotatable bonds is 6. The Hall–Kier alpha value is -2.64. The molecule has 0 bridgehead atoms. The predicted molar refractivity (Wildman–Crippen MR) is 89.4 cm³/mol. The van der Waals surface area contributed by atoms with E-state index in [4.69, 9.17) is 23.2 Å². The number of benzene rings is 2. The molecule has 2 aromatic carbocycles. The van der Waals surface area contributed by atoms with Crippen molar-refractivity contribution in [3.63, 3.8) is 0 Å². The third-order valence-electron chi connectivity index (χ3n) is 3.35. The topological polar surface area (TPSA) is 112 Å². The summed E-state index contributed by atoms with van der Waals surface area (Å²) in [4.78, 5) is 33.6. The largest absolute Gasteiger partial charge is 0.550 e. The van der Waals surface area contributed by atoms with Gasteiger partial charge in [-0.1, -0.05) is 35.3 Å². The molecule has 0 saturated heterocycles. The fourth-order valence-electron chi connectivity index (χ4n) is 2.15. The summed E-state index contributed by atoms with van der Waals surface area (Å²) >= 11 is 11.7. The van der Waals surface area contributed by atoms with Gasteiger partial charge >= 0.3 is 0 Å². The molecule has 0 heterocycles. The van der Waals surface area contributed by atoms with E-state index in [1.165, 1.54) is 6.07 Å². The summed E-state index contributed by atoms with van der Waals surface area (Å²) in [6.45, 7) is 0. The van der Waals surface area contributed by atoms with Crippen molar-refractivity contribution in [1.82, 2.24) is 5.32 Å². The zero-order valence-electron chi connectivity index (χ0n) is 12.6. The van der Waals surface area contributed by atoms with Crippen LogP contribution in [-0.4, -0.2) is 16.8 Å². The van der Waals surface area contributed by atoms with Crippen LogP contribution in [-0.2, 0) is 4.79 Å². The van der Waals surface area contributed by atoms with Crippen LogP contribution in [0.5, 0.6) is 0 Å². The van der Waals surface area contributed by atoms with E-state index >= 15 is 0 Å². The van der Waals surface area contributed by atoms with Gasteiger partial charge in [0.2, 0.25) is 0 Å². The van der Waals surface area contributed by atoms with Crippen LogP contribution >= 0.6 is 23.2 Å². The number of carboxylic acid groups (broad SMARTS) is 1. The quantitative estimate of drug-likeness (QED) is 0.609. The van der Waals surface area contributed by atoms with E-state index in [9.17, 15) is 24.8 Å². The van der Waals surface area contributed by atoms with Crippen LogP contribution in [0.3, 0.4) is 0 Å². The number of hydrogen-bond acceptors (Lipinski definition) is 5. The Labute approximate surface area is 152 Å². The molecule has 0 saturated carbocycles. The monoisotopic (exact) mass is 381 g/mol. The van der Waals surface area contributed by atoms with Gasteiger partial charge in [0.15, 0.2) is 0 Å². The van der Waals surface area contributed by atoms with Gasteiger partial charge in [0, 0.05) is 29.5 Å². The number of carboxylic acids is 1. The number of nitrogens with one attached hydrogen (secondary N) is 1. The fraction of sp³-hybridized carbons (Fsp3) is 0.125. The van der Waals surface area contributed by atoms with E-state index < -0.39 is 29.3 Å². The molecule has 2 rings (SSSR count). The van der Waals surface area contributed by atoms with E-state index in [-0.39, 0.29) is 16.3 Å². The molecule has 2 aromatic rings. The lowest BCUT2D eigenvalue weighted by Gasteiger charge is -2.20. The third kappa shape index (κ3) is 4.91. The number of carbonyl (C=O) groups is 2. The molecule has 0 aliphatic heterocycles. The van der Waals surface area contributed by atoms with Crippen LogP contribution in [0.4, 0.5) is 5.69 Å². The molecule has 1 atom stereocenters. The Morgan fingerprint density at radius 1 is 1.12 bits per heavy atom. The number of halogens is 2. The average molecular weight is 382 g/mol. The van der Waals surface area contributed by atoms with Gasteiger partial charge in [-0.15, -0.1) is 0 Å². The summed E-state index contributed by atoms with van der Waals surface area (Å²) in [6.07, 6.45) is -0.486. The average Bonchev–Trinajstić information content (AvgIpc) is 2.54. The Kier molecular flexibility index (Phi) is 5.95. The highest BCUT2D eigenvalue weighted by Gasteiger charge is 2.20. The first kappa shape index (κ1) is 18.7. The highest BCUT2D eigenvalue weighted by Crippen LogP contribution is 2.24. The van der Waals surface area contributed by atoms with Gasteiger partial charge in [-0.2, -0.15) is 0 Å². The van der Waals surface area contributed by atoms with Crippen molar-refractivity contribution in [2.75, 3.05) is 0 Å². The van der Waals surface area contributed by atoms with Gasteiger partial charge in [0.25, 0.3) is 11.6 Å². The Balaban J connectivity index is 2.30. The molecule has 0 unspecified atom stereocenters. The summed E-state index contributed by atoms with van der Waals surface area (Å²) in [5.74, 6) is -2.11. The minimum Gasteiger partial charge on any atom is -0.550 e.